The van der Waals surface area contributed by atoms with Crippen molar-refractivity contribution in [2.24, 2.45) is 29.6 Å². The molecular formula is C35H53N3O7. The zero-order valence-corrected chi connectivity index (χ0v) is 28.1. The van der Waals surface area contributed by atoms with Gasteiger partial charge in [-0.2, -0.15) is 0 Å². The Kier molecular flexibility index (Phi) is 12.8. The first kappa shape index (κ1) is 36.3. The molecular weight excluding hydrogens is 574 g/mol. The van der Waals surface area contributed by atoms with Crippen LogP contribution in [0.4, 0.5) is 0 Å². The summed E-state index contributed by atoms with van der Waals surface area (Å²) in [5, 5.41) is 2.84. The van der Waals surface area contributed by atoms with Crippen molar-refractivity contribution in [2.75, 3.05) is 33.3 Å². The largest absolute Gasteiger partial charge is 0.459 e. The number of unbranched alkanes of at least 4 members (excludes halogenated alkanes) is 3. The highest BCUT2D eigenvalue weighted by Crippen LogP contribution is 2.52. The number of nitrogens with one attached hydrogen (secondary N) is 1. The molecule has 0 radical (unpaired) electrons. The van der Waals surface area contributed by atoms with Crippen molar-refractivity contribution in [2.45, 2.75) is 104 Å². The number of carbonyl (C=O) groups excluding carboxylic acids is 5. The standard InChI is InChI=1S/C35H53N3O7/c1-8-20-37(21-11-9-10-12-22-38-31(41)29-25-14-15-26(23-25)30(29)32(38)42)28(40)17-16-27(39)36-19-13-18-34(3,4)45-33(43)24(2)35(5,6)44-7/h1,14-15,24-26,29-30H,9-13,16-23H2,2-7H3,(H,36,39)/t24?,25-,26+,29+,30-. The Bertz CT molecular complexity index is 1140. The van der Waals surface area contributed by atoms with E-state index in [1.165, 1.54) is 4.90 Å². The number of hydrogen-bond donors (Lipinski definition) is 1. The van der Waals surface area contributed by atoms with Crippen LogP contribution >= 0.6 is 0 Å². The zero-order valence-electron chi connectivity index (χ0n) is 28.1. The molecule has 3 aliphatic rings. The first-order chi connectivity index (χ1) is 21.2. The van der Waals surface area contributed by atoms with E-state index in [0.717, 1.165) is 32.1 Å². The predicted molar refractivity (Wildman–Crippen MR) is 170 cm³/mol. The molecule has 1 aliphatic heterocycles. The molecule has 2 bridgehead atoms. The zero-order chi connectivity index (χ0) is 33.4. The third-order valence-corrected chi connectivity index (χ3v) is 9.90. The summed E-state index contributed by atoms with van der Waals surface area (Å²) in [7, 11) is 1.57. The molecule has 2 aliphatic carbocycles. The van der Waals surface area contributed by atoms with Crippen LogP contribution in [0.5, 0.6) is 0 Å². The maximum atomic E-state index is 12.8. The summed E-state index contributed by atoms with van der Waals surface area (Å²) in [5.74, 6) is 1.55. The second-order valence-corrected chi connectivity index (χ2v) is 13.9. The van der Waals surface area contributed by atoms with Crippen LogP contribution in [0.2, 0.25) is 0 Å². The van der Waals surface area contributed by atoms with Gasteiger partial charge in [0.05, 0.1) is 29.9 Å². The van der Waals surface area contributed by atoms with Crippen molar-refractivity contribution >= 4 is 29.6 Å². The number of terminal acetylenes is 1. The number of methoxy groups -OCH3 is 1. The van der Waals surface area contributed by atoms with Gasteiger partial charge in [-0.3, -0.25) is 28.9 Å². The van der Waals surface area contributed by atoms with Gasteiger partial charge < -0.3 is 19.7 Å². The molecule has 0 aromatic carbocycles. The van der Waals surface area contributed by atoms with Crippen LogP contribution in [0.3, 0.4) is 0 Å². The highest BCUT2D eigenvalue weighted by molar-refractivity contribution is 6.06. The summed E-state index contributed by atoms with van der Waals surface area (Å²) in [5.41, 5.74) is -1.32. The fraction of sp³-hybridized carbons (Fsp3) is 0.743. The number of fused-ring (bicyclic) bond motifs is 5. The molecule has 250 valence electrons. The van der Waals surface area contributed by atoms with Gasteiger partial charge in [0.2, 0.25) is 23.6 Å². The summed E-state index contributed by atoms with van der Waals surface area (Å²) in [6.07, 6.45) is 15.1. The number of allylic oxidation sites excluding steroid dienone is 2. The van der Waals surface area contributed by atoms with E-state index in [4.69, 9.17) is 15.9 Å². The number of carbonyl (C=O) groups is 5. The number of ether oxygens (including phenoxy) is 2. The second-order valence-electron chi connectivity index (χ2n) is 13.9. The molecule has 45 heavy (non-hydrogen) atoms. The summed E-state index contributed by atoms with van der Waals surface area (Å²) >= 11 is 0. The maximum absolute atomic E-state index is 12.8. The predicted octanol–water partition coefficient (Wildman–Crippen LogP) is 3.88. The third kappa shape index (κ3) is 9.41. The Morgan fingerprint density at radius 1 is 1.02 bits per heavy atom. The fourth-order valence-electron chi connectivity index (χ4n) is 6.59. The minimum Gasteiger partial charge on any atom is -0.459 e. The molecule has 10 nitrogen and oxygen atoms in total. The number of hydrogen-bond acceptors (Lipinski definition) is 7. The summed E-state index contributed by atoms with van der Waals surface area (Å²) in [6, 6.07) is 0. The van der Waals surface area contributed by atoms with E-state index in [9.17, 15) is 24.0 Å². The molecule has 1 unspecified atom stereocenters. The van der Waals surface area contributed by atoms with E-state index in [1.54, 1.807) is 18.9 Å². The minimum absolute atomic E-state index is 0.00129. The number of esters is 1. The Hall–Kier alpha value is -3.19. The molecule has 4 amide bonds. The van der Waals surface area contributed by atoms with Crippen molar-refractivity contribution in [3.63, 3.8) is 0 Å². The van der Waals surface area contributed by atoms with Gasteiger partial charge >= 0.3 is 5.97 Å². The Labute approximate surface area is 269 Å². The Balaban J connectivity index is 1.27. The molecule has 5 atom stereocenters. The lowest BCUT2D eigenvalue weighted by Gasteiger charge is -2.32. The molecule has 1 N–H and O–H groups in total. The number of imide groups is 1. The molecule has 0 aromatic rings. The highest BCUT2D eigenvalue weighted by Gasteiger charge is 2.58. The summed E-state index contributed by atoms with van der Waals surface area (Å²) in [6.45, 7) is 10.7. The van der Waals surface area contributed by atoms with Gasteiger partial charge in [0.1, 0.15) is 5.60 Å². The Morgan fingerprint density at radius 2 is 1.64 bits per heavy atom. The van der Waals surface area contributed by atoms with Crippen molar-refractivity contribution in [3.05, 3.63) is 12.2 Å². The maximum Gasteiger partial charge on any atom is 0.312 e. The molecule has 1 saturated carbocycles. The van der Waals surface area contributed by atoms with Crippen molar-refractivity contribution in [1.82, 2.24) is 15.1 Å². The van der Waals surface area contributed by atoms with Gasteiger partial charge in [-0.15, -0.1) is 6.42 Å². The fourth-order valence-corrected chi connectivity index (χ4v) is 6.59. The lowest BCUT2D eigenvalue weighted by Crippen LogP contribution is -2.41. The van der Waals surface area contributed by atoms with Crippen molar-refractivity contribution in [3.8, 4) is 12.3 Å². The first-order valence-electron chi connectivity index (χ1n) is 16.5. The number of nitrogens with zero attached hydrogens (tertiary/aromatic N) is 2. The molecule has 2 fully saturated rings. The normalized spacial score (nSPS) is 22.7. The SMILES string of the molecule is C#CCN(CCCCCCN1C(=O)[C@@H]2[C@H](C1=O)[C@H]1C=C[C@@H]2C1)C(=O)CCC(=O)NCCCC(C)(C)OC(=O)C(C)C(C)(C)OC. The Morgan fingerprint density at radius 3 is 2.24 bits per heavy atom. The van der Waals surface area contributed by atoms with E-state index in [1.807, 2.05) is 27.7 Å². The molecule has 1 saturated heterocycles. The molecule has 3 rings (SSSR count). The number of likely N-dealkylation sites (tertiary alicyclic amines) is 1. The highest BCUT2D eigenvalue weighted by atomic mass is 16.6. The van der Waals surface area contributed by atoms with Gasteiger partial charge in [0, 0.05) is 39.6 Å². The quantitative estimate of drug-likeness (QED) is 0.0759. The minimum atomic E-state index is -0.689. The van der Waals surface area contributed by atoms with Crippen molar-refractivity contribution in [1.29, 1.82) is 0 Å². The van der Waals surface area contributed by atoms with Crippen LogP contribution in [0.1, 0.15) is 92.4 Å². The van der Waals surface area contributed by atoms with E-state index < -0.39 is 17.1 Å². The number of amides is 4. The monoisotopic (exact) mass is 627 g/mol. The summed E-state index contributed by atoms with van der Waals surface area (Å²) < 4.78 is 11.1. The molecule has 10 heteroatoms. The average molecular weight is 628 g/mol. The van der Waals surface area contributed by atoms with E-state index in [2.05, 4.69) is 23.4 Å². The van der Waals surface area contributed by atoms with Crippen molar-refractivity contribution < 1.29 is 33.4 Å². The van der Waals surface area contributed by atoms with Gasteiger partial charge in [0.25, 0.3) is 0 Å². The van der Waals surface area contributed by atoms with Gasteiger partial charge in [-0.1, -0.05) is 30.9 Å². The van der Waals surface area contributed by atoms with Crippen LogP contribution in [-0.2, 0) is 33.4 Å². The van der Waals surface area contributed by atoms with Gasteiger partial charge in [-0.05, 0) is 78.6 Å². The van der Waals surface area contributed by atoms with E-state index >= 15 is 0 Å². The molecule has 0 spiro atoms. The van der Waals surface area contributed by atoms with Crippen LogP contribution in [-0.4, -0.2) is 83.9 Å². The van der Waals surface area contributed by atoms with Crippen LogP contribution in [0.25, 0.3) is 0 Å². The number of rotatable bonds is 19. The van der Waals surface area contributed by atoms with Gasteiger partial charge in [0.15, 0.2) is 0 Å². The molecule has 1 heterocycles. The molecule has 0 aromatic heterocycles. The lowest BCUT2D eigenvalue weighted by atomic mass is 9.85. The smallest absolute Gasteiger partial charge is 0.312 e. The van der Waals surface area contributed by atoms with E-state index in [-0.39, 0.29) is 72.7 Å². The van der Waals surface area contributed by atoms with E-state index in [0.29, 0.717) is 32.5 Å². The average Bonchev–Trinajstić information content (AvgIpc) is 3.68. The van der Waals surface area contributed by atoms with Gasteiger partial charge in [-0.25, -0.2) is 0 Å². The van der Waals surface area contributed by atoms with Crippen LogP contribution in [0.15, 0.2) is 12.2 Å². The topological polar surface area (TPSA) is 122 Å². The van der Waals surface area contributed by atoms with Crippen LogP contribution < -0.4 is 5.32 Å². The van der Waals surface area contributed by atoms with Crippen LogP contribution in [0, 0.1) is 41.9 Å². The second kappa shape index (κ2) is 15.9. The first-order valence-corrected chi connectivity index (χ1v) is 16.5. The lowest BCUT2D eigenvalue weighted by molar-refractivity contribution is -0.171. The third-order valence-electron chi connectivity index (χ3n) is 9.90. The summed E-state index contributed by atoms with van der Waals surface area (Å²) in [4.78, 5) is 66.4.